The highest BCUT2D eigenvalue weighted by Crippen LogP contribution is 2.55. The zero-order chi connectivity index (χ0) is 35.5. The molecule has 0 amide bonds. The van der Waals surface area contributed by atoms with E-state index in [1.807, 2.05) is 73.8 Å². The summed E-state index contributed by atoms with van der Waals surface area (Å²) < 4.78 is 0. The molecule has 264 valence electrons. The Morgan fingerprint density at radius 3 is 2.04 bits per heavy atom. The van der Waals surface area contributed by atoms with Crippen LogP contribution in [0.1, 0.15) is 97.2 Å². The van der Waals surface area contributed by atoms with Gasteiger partial charge in [-0.15, -0.1) is 0 Å². The summed E-state index contributed by atoms with van der Waals surface area (Å²) in [7, 11) is 0. The van der Waals surface area contributed by atoms with Crippen LogP contribution in [0, 0.1) is 10.8 Å². The van der Waals surface area contributed by atoms with E-state index in [0.29, 0.717) is 11.4 Å². The quantitative estimate of drug-likeness (QED) is 0.0928. The van der Waals surface area contributed by atoms with E-state index in [2.05, 4.69) is 42.5 Å². The lowest BCUT2D eigenvalue weighted by atomic mass is 9.90. The van der Waals surface area contributed by atoms with Gasteiger partial charge in [0.2, 0.25) is 0 Å². The molecule has 1 aromatic heterocycles. The summed E-state index contributed by atoms with van der Waals surface area (Å²) in [5.74, 6) is 0.0940. The lowest BCUT2D eigenvalue weighted by Crippen LogP contribution is -2.18. The maximum atomic E-state index is 11.7. The Morgan fingerprint density at radius 2 is 1.42 bits per heavy atom. The number of carboxylic acids is 2. The van der Waals surface area contributed by atoms with Gasteiger partial charge in [-0.05, 0) is 104 Å². The van der Waals surface area contributed by atoms with E-state index in [9.17, 15) is 24.9 Å². The second-order valence-corrected chi connectivity index (χ2v) is 17.8. The monoisotopic (exact) mass is 731 g/mol. The summed E-state index contributed by atoms with van der Waals surface area (Å²) in [5.41, 5.74) is 5.02. The van der Waals surface area contributed by atoms with Crippen LogP contribution in [-0.4, -0.2) is 43.7 Å². The molecule has 0 aliphatic heterocycles. The molecule has 2 fully saturated rings. The van der Waals surface area contributed by atoms with Crippen LogP contribution in [0.25, 0.3) is 10.9 Å². The van der Waals surface area contributed by atoms with Gasteiger partial charge < -0.3 is 15.3 Å². The minimum Gasteiger partial charge on any atom is -0.481 e. The average molecular weight is 732 g/mol. The van der Waals surface area contributed by atoms with Gasteiger partial charge in [-0.1, -0.05) is 72.3 Å². The molecule has 0 radical (unpaired) electrons. The molecule has 2 aliphatic rings. The van der Waals surface area contributed by atoms with E-state index in [-0.39, 0.29) is 34.2 Å². The highest BCUT2D eigenvalue weighted by molar-refractivity contribution is 7.99. The summed E-state index contributed by atoms with van der Waals surface area (Å²) in [5, 5.41) is 32.0. The normalized spacial score (nSPS) is 17.3. The summed E-state index contributed by atoms with van der Waals surface area (Å²) in [6.45, 7) is 3.65. The second-order valence-electron chi connectivity index (χ2n) is 15.0. The maximum Gasteiger partial charge on any atom is 0.303 e. The highest BCUT2D eigenvalue weighted by atomic mass is 35.5. The fourth-order valence-electron chi connectivity index (χ4n) is 6.93. The Balaban J connectivity index is 1.29. The Morgan fingerprint density at radius 1 is 0.820 bits per heavy atom. The Hall–Kier alpha value is -3.04. The molecule has 6 nitrogen and oxygen atoms in total. The van der Waals surface area contributed by atoms with E-state index in [4.69, 9.17) is 16.6 Å². The molecule has 6 rings (SSSR count). The number of hydrogen-bond donors (Lipinski definition) is 3. The fourth-order valence-corrected chi connectivity index (χ4v) is 10.2. The molecule has 4 aromatic rings. The minimum atomic E-state index is -0.954. The Labute approximate surface area is 308 Å². The number of aliphatic hydroxyl groups is 1. The van der Waals surface area contributed by atoms with Crippen molar-refractivity contribution in [2.75, 3.05) is 11.5 Å². The lowest BCUT2D eigenvalue weighted by Gasteiger charge is -2.25. The zero-order valence-corrected chi connectivity index (χ0v) is 31.1. The van der Waals surface area contributed by atoms with Crippen molar-refractivity contribution < 1.29 is 24.9 Å². The lowest BCUT2D eigenvalue weighted by molar-refractivity contribution is -0.139. The van der Waals surface area contributed by atoms with E-state index in [0.717, 1.165) is 77.8 Å². The number of nitrogens with zero attached hydrogens (tertiary/aromatic N) is 1. The first-order valence-corrected chi connectivity index (χ1v) is 19.9. The van der Waals surface area contributed by atoms with E-state index in [1.54, 1.807) is 0 Å². The second kappa shape index (κ2) is 15.3. The molecule has 2 atom stereocenters. The predicted molar refractivity (Wildman–Crippen MR) is 205 cm³/mol. The number of rotatable bonds is 18. The first-order valence-electron chi connectivity index (χ1n) is 17.4. The Kier molecular flexibility index (Phi) is 11.2. The molecule has 3 aromatic carbocycles. The number of benzene rings is 3. The number of fused-ring (bicyclic) bond motifs is 1. The smallest absolute Gasteiger partial charge is 0.303 e. The molecule has 2 saturated carbocycles. The summed E-state index contributed by atoms with van der Waals surface area (Å²) >= 11 is 10.00. The highest BCUT2D eigenvalue weighted by Gasteiger charge is 2.45. The molecule has 1 heterocycles. The number of aromatic nitrogens is 1. The first-order chi connectivity index (χ1) is 23.8. The molecule has 3 N–H and O–H groups in total. The van der Waals surface area contributed by atoms with E-state index >= 15 is 0 Å². The first kappa shape index (κ1) is 36.7. The number of carbonyl (C=O) groups is 2. The standard InChI is InChI=1S/C41H46ClNO5S2/c1-39(2,48)33-9-4-3-6-27(33)12-15-35(49-25-40(16-17-40)23-37(44)45)29-7-5-8-30(20-29)36(50-26-41(18-19-41)24-38(46)47)22-32-14-11-28-10-13-31(42)21-34(28)43-32/h3-11,13-14,20-21,35-36,48H,12,15-19,22-26H2,1-2H3,(H,44,45)(H,46,47)/t35-,36+/m0/s1. The van der Waals surface area contributed by atoms with E-state index in [1.165, 1.54) is 11.1 Å². The van der Waals surface area contributed by atoms with E-state index < -0.39 is 17.5 Å². The summed E-state index contributed by atoms with van der Waals surface area (Å²) in [4.78, 5) is 28.4. The van der Waals surface area contributed by atoms with Crippen LogP contribution in [-0.2, 0) is 28.0 Å². The molecule has 0 unspecified atom stereocenters. The molecule has 0 saturated heterocycles. The van der Waals surface area contributed by atoms with Gasteiger partial charge in [-0.25, -0.2) is 0 Å². The maximum absolute atomic E-state index is 11.7. The Bertz CT molecular complexity index is 1850. The summed E-state index contributed by atoms with van der Waals surface area (Å²) in [6.07, 6.45) is 6.49. The van der Waals surface area contributed by atoms with Crippen LogP contribution in [0.15, 0.2) is 78.9 Å². The fraction of sp³-hybridized carbons (Fsp3) is 0.439. The van der Waals surface area contributed by atoms with Gasteiger partial charge in [-0.3, -0.25) is 14.6 Å². The number of aryl methyl sites for hydroxylation is 1. The average Bonchev–Trinajstić information content (AvgIpc) is 4.00. The van der Waals surface area contributed by atoms with Crippen LogP contribution in [0.5, 0.6) is 0 Å². The molecule has 9 heteroatoms. The van der Waals surface area contributed by atoms with Crippen molar-refractivity contribution >= 4 is 58.0 Å². The van der Waals surface area contributed by atoms with Crippen LogP contribution in [0.4, 0.5) is 0 Å². The number of hydrogen-bond acceptors (Lipinski definition) is 6. The zero-order valence-electron chi connectivity index (χ0n) is 28.7. The van der Waals surface area contributed by atoms with Crippen molar-refractivity contribution in [2.45, 2.75) is 87.7 Å². The van der Waals surface area contributed by atoms with Gasteiger partial charge in [0, 0.05) is 44.5 Å². The van der Waals surface area contributed by atoms with Gasteiger partial charge in [-0.2, -0.15) is 23.5 Å². The van der Waals surface area contributed by atoms with Crippen molar-refractivity contribution in [3.63, 3.8) is 0 Å². The van der Waals surface area contributed by atoms with Gasteiger partial charge in [0.15, 0.2) is 0 Å². The molecule has 0 bridgehead atoms. The topological polar surface area (TPSA) is 108 Å². The molecular formula is C41H46ClNO5S2. The molecule has 2 aliphatic carbocycles. The van der Waals surface area contributed by atoms with Gasteiger partial charge >= 0.3 is 11.9 Å². The number of aliphatic carboxylic acids is 2. The van der Waals surface area contributed by atoms with Gasteiger partial charge in [0.1, 0.15) is 0 Å². The van der Waals surface area contributed by atoms with Crippen molar-refractivity contribution in [2.24, 2.45) is 10.8 Å². The van der Waals surface area contributed by atoms with Crippen molar-refractivity contribution in [3.05, 3.63) is 112 Å². The molecular weight excluding hydrogens is 686 g/mol. The van der Waals surface area contributed by atoms with Crippen LogP contribution in [0.3, 0.4) is 0 Å². The van der Waals surface area contributed by atoms with Crippen molar-refractivity contribution in [1.82, 2.24) is 4.98 Å². The third-order valence-corrected chi connectivity index (χ3v) is 13.8. The number of carboxylic acid groups (broad SMARTS) is 2. The van der Waals surface area contributed by atoms with Crippen LogP contribution in [0.2, 0.25) is 5.02 Å². The van der Waals surface area contributed by atoms with Gasteiger partial charge in [0.05, 0.1) is 24.0 Å². The van der Waals surface area contributed by atoms with Crippen molar-refractivity contribution in [3.8, 4) is 0 Å². The largest absolute Gasteiger partial charge is 0.481 e. The number of thioether (sulfide) groups is 2. The number of halogens is 1. The predicted octanol–water partition coefficient (Wildman–Crippen LogP) is 10.0. The SMILES string of the molecule is CC(C)(O)c1ccccc1CC[C@H](SCC1(CC(=O)O)CC1)c1cccc([C@@H](Cc2ccc3ccc(Cl)cc3n2)SCC2(CC(=O)O)CC2)c1. The van der Waals surface area contributed by atoms with Gasteiger partial charge in [0.25, 0.3) is 0 Å². The van der Waals surface area contributed by atoms with Crippen LogP contribution >= 0.6 is 35.1 Å². The summed E-state index contributed by atoms with van der Waals surface area (Å²) in [6, 6.07) is 26.8. The third-order valence-electron chi connectivity index (χ3n) is 10.3. The van der Waals surface area contributed by atoms with Crippen LogP contribution < -0.4 is 0 Å². The third kappa shape index (κ3) is 9.64. The number of pyridine rings is 1. The minimum absolute atomic E-state index is 0.0636. The van der Waals surface area contributed by atoms with Crippen molar-refractivity contribution in [1.29, 1.82) is 0 Å². The molecule has 0 spiro atoms. The molecule has 50 heavy (non-hydrogen) atoms.